The number of non-ortho nitro benzene ring substituents is 1. The van der Waals surface area contributed by atoms with Gasteiger partial charge in [-0.1, -0.05) is 0 Å². The van der Waals surface area contributed by atoms with Gasteiger partial charge in [0, 0.05) is 43.1 Å². The lowest BCUT2D eigenvalue weighted by Crippen LogP contribution is -2.48. The zero-order chi connectivity index (χ0) is 14.1. The van der Waals surface area contributed by atoms with Gasteiger partial charge in [-0.2, -0.15) is 0 Å². The highest BCUT2D eigenvalue weighted by Crippen LogP contribution is 2.24. The van der Waals surface area contributed by atoms with Gasteiger partial charge in [-0.15, -0.1) is 0 Å². The summed E-state index contributed by atoms with van der Waals surface area (Å²) in [6.07, 6.45) is 0. The molecule has 1 aliphatic rings. The smallest absolute Gasteiger partial charge is 0.287 e. The number of carbonyl (C=O) groups is 1. The standard InChI is InChI=1S/C13H13N3O4/c17-13(15-7-8-5-14-6-8)12-4-9-3-10(16(18)19)1-2-11(9)20-12/h1-4,8,14H,5-7H2,(H,15,17). The van der Waals surface area contributed by atoms with Gasteiger partial charge in [-0.3, -0.25) is 14.9 Å². The fourth-order valence-electron chi connectivity index (χ4n) is 2.07. The average Bonchev–Trinajstić information content (AvgIpc) is 2.79. The van der Waals surface area contributed by atoms with Gasteiger partial charge in [0.15, 0.2) is 5.76 Å². The van der Waals surface area contributed by atoms with Gasteiger partial charge in [-0.25, -0.2) is 0 Å². The molecule has 104 valence electrons. The normalized spacial score (nSPS) is 15.0. The summed E-state index contributed by atoms with van der Waals surface area (Å²) in [7, 11) is 0. The molecule has 7 nitrogen and oxygen atoms in total. The number of hydrogen-bond donors (Lipinski definition) is 2. The Bertz CT molecular complexity index is 675. The largest absolute Gasteiger partial charge is 0.451 e. The van der Waals surface area contributed by atoms with Gasteiger partial charge in [-0.05, 0) is 12.1 Å². The molecule has 20 heavy (non-hydrogen) atoms. The van der Waals surface area contributed by atoms with E-state index in [-0.39, 0.29) is 17.4 Å². The molecule has 0 atom stereocenters. The average molecular weight is 275 g/mol. The zero-order valence-electron chi connectivity index (χ0n) is 10.6. The van der Waals surface area contributed by atoms with Gasteiger partial charge in [0.1, 0.15) is 5.58 Å². The van der Waals surface area contributed by atoms with E-state index in [1.54, 1.807) is 0 Å². The number of fused-ring (bicyclic) bond motifs is 1. The number of hydrogen-bond acceptors (Lipinski definition) is 5. The van der Waals surface area contributed by atoms with Crippen molar-refractivity contribution in [2.45, 2.75) is 0 Å². The van der Waals surface area contributed by atoms with Gasteiger partial charge < -0.3 is 15.1 Å². The third-order valence-corrected chi connectivity index (χ3v) is 3.35. The number of nitrogens with one attached hydrogen (secondary N) is 2. The lowest BCUT2D eigenvalue weighted by Gasteiger charge is -2.26. The number of furan rings is 1. The minimum atomic E-state index is -0.476. The lowest BCUT2D eigenvalue weighted by molar-refractivity contribution is -0.384. The Balaban J connectivity index is 1.77. The van der Waals surface area contributed by atoms with E-state index in [1.807, 2.05) is 0 Å². The first-order valence-corrected chi connectivity index (χ1v) is 6.30. The van der Waals surface area contributed by atoms with Crippen LogP contribution in [-0.4, -0.2) is 30.5 Å². The van der Waals surface area contributed by atoms with E-state index < -0.39 is 4.92 Å². The van der Waals surface area contributed by atoms with Gasteiger partial charge in [0.05, 0.1) is 4.92 Å². The summed E-state index contributed by atoms with van der Waals surface area (Å²) in [4.78, 5) is 22.1. The Morgan fingerprint density at radius 2 is 2.25 bits per heavy atom. The molecule has 2 aromatic rings. The number of carbonyl (C=O) groups excluding carboxylic acids is 1. The summed E-state index contributed by atoms with van der Waals surface area (Å²) in [5.41, 5.74) is 0.442. The highest BCUT2D eigenvalue weighted by Gasteiger charge is 2.19. The molecule has 2 N–H and O–H groups in total. The second kappa shape index (κ2) is 4.93. The molecule has 0 radical (unpaired) electrons. The first-order chi connectivity index (χ1) is 9.63. The van der Waals surface area contributed by atoms with Gasteiger partial charge in [0.2, 0.25) is 0 Å². The predicted molar refractivity (Wildman–Crippen MR) is 71.6 cm³/mol. The lowest BCUT2D eigenvalue weighted by atomic mass is 10.0. The van der Waals surface area contributed by atoms with Crippen molar-refractivity contribution in [1.29, 1.82) is 0 Å². The number of rotatable bonds is 4. The van der Waals surface area contributed by atoms with Gasteiger partial charge in [0.25, 0.3) is 11.6 Å². The van der Waals surface area contributed by atoms with Crippen LogP contribution in [0.25, 0.3) is 11.0 Å². The molecule has 1 amide bonds. The highest BCUT2D eigenvalue weighted by atomic mass is 16.6. The molecular weight excluding hydrogens is 262 g/mol. The van der Waals surface area contributed by atoms with Crippen LogP contribution in [0.5, 0.6) is 0 Å². The van der Waals surface area contributed by atoms with Crippen LogP contribution in [0.3, 0.4) is 0 Å². The number of nitrogens with zero attached hydrogens (tertiary/aromatic N) is 1. The first-order valence-electron chi connectivity index (χ1n) is 6.30. The quantitative estimate of drug-likeness (QED) is 0.647. The van der Waals surface area contributed by atoms with E-state index in [0.29, 0.717) is 23.4 Å². The number of nitro benzene ring substituents is 1. The Morgan fingerprint density at radius 3 is 2.90 bits per heavy atom. The molecule has 1 saturated heterocycles. The minimum absolute atomic E-state index is 0.0224. The third kappa shape index (κ3) is 2.35. The summed E-state index contributed by atoms with van der Waals surface area (Å²) in [6, 6.07) is 5.77. The summed E-state index contributed by atoms with van der Waals surface area (Å²) in [5, 5.41) is 17.2. The van der Waals surface area contributed by atoms with E-state index in [1.165, 1.54) is 24.3 Å². The maximum absolute atomic E-state index is 11.9. The Morgan fingerprint density at radius 1 is 1.45 bits per heavy atom. The molecule has 2 heterocycles. The second-order valence-electron chi connectivity index (χ2n) is 4.82. The molecule has 1 fully saturated rings. The number of benzene rings is 1. The van der Waals surface area contributed by atoms with Crippen molar-refractivity contribution >= 4 is 22.6 Å². The molecule has 1 aliphatic heterocycles. The van der Waals surface area contributed by atoms with E-state index in [4.69, 9.17) is 4.42 Å². The fraction of sp³-hybridized carbons (Fsp3) is 0.308. The van der Waals surface area contributed by atoms with E-state index in [0.717, 1.165) is 13.1 Å². The third-order valence-electron chi connectivity index (χ3n) is 3.35. The minimum Gasteiger partial charge on any atom is -0.451 e. The zero-order valence-corrected chi connectivity index (χ0v) is 10.6. The van der Waals surface area contributed by atoms with Crippen molar-refractivity contribution in [1.82, 2.24) is 10.6 Å². The topological polar surface area (TPSA) is 97.4 Å². The maximum atomic E-state index is 11.9. The Hall–Kier alpha value is -2.41. The molecule has 1 aromatic carbocycles. The first kappa shape index (κ1) is 12.6. The van der Waals surface area contributed by atoms with Crippen LogP contribution >= 0.6 is 0 Å². The van der Waals surface area contributed by atoms with Crippen LogP contribution in [0.2, 0.25) is 0 Å². The van der Waals surface area contributed by atoms with Crippen molar-refractivity contribution in [3.05, 3.63) is 40.1 Å². The Labute approximate surface area is 114 Å². The molecular formula is C13H13N3O4. The summed E-state index contributed by atoms with van der Waals surface area (Å²) in [5.74, 6) is 0.341. The highest BCUT2D eigenvalue weighted by molar-refractivity contribution is 5.96. The summed E-state index contributed by atoms with van der Waals surface area (Å²) >= 11 is 0. The number of nitro groups is 1. The van der Waals surface area contributed by atoms with Crippen molar-refractivity contribution in [3.8, 4) is 0 Å². The van der Waals surface area contributed by atoms with Crippen LogP contribution < -0.4 is 10.6 Å². The maximum Gasteiger partial charge on any atom is 0.287 e. The Kier molecular flexibility index (Phi) is 3.11. The molecule has 0 bridgehead atoms. The second-order valence-corrected chi connectivity index (χ2v) is 4.82. The van der Waals surface area contributed by atoms with Gasteiger partial charge >= 0.3 is 0 Å². The van der Waals surface area contributed by atoms with Crippen LogP contribution in [0, 0.1) is 16.0 Å². The molecule has 0 unspecified atom stereocenters. The molecule has 7 heteroatoms. The summed E-state index contributed by atoms with van der Waals surface area (Å²) in [6.45, 7) is 2.42. The fourth-order valence-corrected chi connectivity index (χ4v) is 2.07. The van der Waals surface area contributed by atoms with Crippen molar-refractivity contribution in [2.75, 3.05) is 19.6 Å². The van der Waals surface area contributed by atoms with E-state index >= 15 is 0 Å². The number of amides is 1. The van der Waals surface area contributed by atoms with Crippen LogP contribution in [-0.2, 0) is 0 Å². The molecule has 1 aromatic heterocycles. The molecule has 0 saturated carbocycles. The van der Waals surface area contributed by atoms with Crippen LogP contribution in [0.4, 0.5) is 5.69 Å². The molecule has 0 aliphatic carbocycles. The van der Waals surface area contributed by atoms with Crippen molar-refractivity contribution in [2.24, 2.45) is 5.92 Å². The van der Waals surface area contributed by atoms with Crippen LogP contribution in [0.15, 0.2) is 28.7 Å². The monoisotopic (exact) mass is 275 g/mol. The van der Waals surface area contributed by atoms with Crippen molar-refractivity contribution in [3.63, 3.8) is 0 Å². The SMILES string of the molecule is O=C(NCC1CNC1)c1cc2cc([N+](=O)[O-])ccc2o1. The summed E-state index contributed by atoms with van der Waals surface area (Å²) < 4.78 is 5.40. The molecule has 0 spiro atoms. The molecule has 3 rings (SSSR count). The van der Waals surface area contributed by atoms with E-state index in [2.05, 4.69) is 10.6 Å². The van der Waals surface area contributed by atoms with Crippen LogP contribution in [0.1, 0.15) is 10.6 Å². The van der Waals surface area contributed by atoms with E-state index in [9.17, 15) is 14.9 Å². The predicted octanol–water partition coefficient (Wildman–Crippen LogP) is 1.29. The van der Waals surface area contributed by atoms with Crippen molar-refractivity contribution < 1.29 is 14.1 Å².